The van der Waals surface area contributed by atoms with E-state index < -0.39 is 0 Å². The summed E-state index contributed by atoms with van der Waals surface area (Å²) in [4.78, 5) is 8.62. The number of hydrogen-bond acceptors (Lipinski definition) is 5. The van der Waals surface area contributed by atoms with Gasteiger partial charge in [-0.05, 0) is 55.0 Å². The fourth-order valence-electron chi connectivity index (χ4n) is 3.49. The summed E-state index contributed by atoms with van der Waals surface area (Å²) in [6.07, 6.45) is 3.98. The molecule has 0 saturated carbocycles. The molecule has 26 heavy (non-hydrogen) atoms. The van der Waals surface area contributed by atoms with Crippen LogP contribution in [0.4, 0.5) is 5.69 Å². The lowest BCUT2D eigenvalue weighted by Crippen LogP contribution is -2.18. The van der Waals surface area contributed by atoms with Gasteiger partial charge in [0.2, 0.25) is 0 Å². The summed E-state index contributed by atoms with van der Waals surface area (Å²) < 4.78 is 13.2. The molecule has 3 aromatic rings. The van der Waals surface area contributed by atoms with Crippen LogP contribution in [0.5, 0.6) is 5.75 Å². The van der Waals surface area contributed by atoms with E-state index >= 15 is 0 Å². The Morgan fingerprint density at radius 1 is 1.19 bits per heavy atom. The van der Waals surface area contributed by atoms with Gasteiger partial charge in [0.1, 0.15) is 18.2 Å². The van der Waals surface area contributed by atoms with Crippen molar-refractivity contribution in [2.45, 2.75) is 18.9 Å². The fraction of sp³-hybridized carbons (Fsp3) is 0.300. The van der Waals surface area contributed by atoms with Crippen LogP contribution in [-0.4, -0.2) is 36.2 Å². The Bertz CT molecular complexity index is 929. The Morgan fingerprint density at radius 2 is 1.96 bits per heavy atom. The molecule has 0 amide bonds. The smallest absolute Gasteiger partial charge is 0.146 e. The lowest BCUT2D eigenvalue weighted by molar-refractivity contribution is 0.0706. The molecule has 6 nitrogen and oxygen atoms in total. The highest BCUT2D eigenvalue weighted by atomic mass is 16.5. The summed E-state index contributed by atoms with van der Waals surface area (Å²) in [5.74, 6) is 0.638. The summed E-state index contributed by atoms with van der Waals surface area (Å²) in [5, 5.41) is 0. The predicted octanol–water partition coefficient (Wildman–Crippen LogP) is 3.68. The van der Waals surface area contributed by atoms with Crippen LogP contribution in [0.25, 0.3) is 22.2 Å². The van der Waals surface area contributed by atoms with Crippen molar-refractivity contribution >= 4 is 23.4 Å². The Morgan fingerprint density at radius 3 is 2.73 bits per heavy atom. The molecule has 1 fully saturated rings. The van der Waals surface area contributed by atoms with E-state index in [0.717, 1.165) is 48.2 Å². The van der Waals surface area contributed by atoms with E-state index in [1.807, 2.05) is 24.5 Å². The zero-order chi connectivity index (χ0) is 17.9. The molecule has 1 saturated heterocycles. The van der Waals surface area contributed by atoms with Gasteiger partial charge in [0, 0.05) is 19.3 Å². The van der Waals surface area contributed by atoms with E-state index in [0.29, 0.717) is 17.5 Å². The number of nitrogens with two attached hydrogens (primary N) is 1. The first-order valence-electron chi connectivity index (χ1n) is 8.78. The van der Waals surface area contributed by atoms with Crippen LogP contribution < -0.4 is 10.5 Å². The largest absolute Gasteiger partial charge is 0.476 e. The maximum atomic E-state index is 5.49. The number of rotatable bonds is 5. The van der Waals surface area contributed by atoms with Gasteiger partial charge in [0.15, 0.2) is 0 Å². The van der Waals surface area contributed by atoms with Gasteiger partial charge < -0.3 is 14.0 Å². The van der Waals surface area contributed by atoms with Crippen molar-refractivity contribution in [1.29, 1.82) is 0 Å². The summed E-state index contributed by atoms with van der Waals surface area (Å²) in [6.45, 7) is 5.35. The van der Waals surface area contributed by atoms with Crippen LogP contribution in [0.1, 0.15) is 18.9 Å². The SMILES string of the molecule is C=Nc1cc(-c2ccc3ncn(C4CCOCC4)c3c2)ccc1OCN. The van der Waals surface area contributed by atoms with Gasteiger partial charge >= 0.3 is 0 Å². The summed E-state index contributed by atoms with van der Waals surface area (Å²) in [5.41, 5.74) is 10.5. The lowest BCUT2D eigenvalue weighted by atomic mass is 10.0. The zero-order valence-electron chi connectivity index (χ0n) is 14.6. The highest BCUT2D eigenvalue weighted by Crippen LogP contribution is 2.34. The molecule has 134 valence electrons. The topological polar surface area (TPSA) is 74.7 Å². The van der Waals surface area contributed by atoms with E-state index in [-0.39, 0.29) is 6.73 Å². The van der Waals surface area contributed by atoms with Crippen molar-refractivity contribution in [3.05, 3.63) is 42.7 Å². The van der Waals surface area contributed by atoms with Gasteiger partial charge in [-0.25, -0.2) is 4.98 Å². The molecule has 2 N–H and O–H groups in total. The Labute approximate surface area is 152 Å². The lowest BCUT2D eigenvalue weighted by Gasteiger charge is -2.24. The maximum absolute atomic E-state index is 5.49. The average molecular weight is 350 g/mol. The first-order valence-corrected chi connectivity index (χ1v) is 8.78. The molecular formula is C20H22N4O2. The molecule has 4 rings (SSSR count). The van der Waals surface area contributed by atoms with E-state index in [1.54, 1.807) is 0 Å². The summed E-state index contributed by atoms with van der Waals surface area (Å²) in [6, 6.07) is 12.6. The fourth-order valence-corrected chi connectivity index (χ4v) is 3.49. The van der Waals surface area contributed by atoms with Gasteiger partial charge in [0.25, 0.3) is 0 Å². The van der Waals surface area contributed by atoms with Crippen molar-refractivity contribution < 1.29 is 9.47 Å². The van der Waals surface area contributed by atoms with Crippen LogP contribution in [-0.2, 0) is 4.74 Å². The van der Waals surface area contributed by atoms with Crippen LogP contribution in [0.2, 0.25) is 0 Å². The predicted molar refractivity (Wildman–Crippen MR) is 103 cm³/mol. The zero-order valence-corrected chi connectivity index (χ0v) is 14.6. The number of aliphatic imine (C=N–C) groups is 1. The van der Waals surface area contributed by atoms with Gasteiger partial charge in [-0.2, -0.15) is 0 Å². The number of fused-ring (bicyclic) bond motifs is 1. The van der Waals surface area contributed by atoms with Gasteiger partial charge in [0.05, 0.1) is 17.4 Å². The second-order valence-electron chi connectivity index (χ2n) is 6.35. The van der Waals surface area contributed by atoms with E-state index in [9.17, 15) is 0 Å². The molecule has 0 bridgehead atoms. The van der Waals surface area contributed by atoms with E-state index in [2.05, 4.69) is 39.5 Å². The highest BCUT2D eigenvalue weighted by molar-refractivity contribution is 5.83. The van der Waals surface area contributed by atoms with Crippen LogP contribution >= 0.6 is 0 Å². The highest BCUT2D eigenvalue weighted by Gasteiger charge is 2.18. The molecule has 1 aliphatic heterocycles. The first-order chi connectivity index (χ1) is 12.8. The number of benzene rings is 2. The second kappa shape index (κ2) is 7.27. The van der Waals surface area contributed by atoms with Crippen molar-refractivity contribution in [3.8, 4) is 16.9 Å². The molecule has 2 heterocycles. The van der Waals surface area contributed by atoms with Gasteiger partial charge in [-0.15, -0.1) is 0 Å². The minimum atomic E-state index is 0.109. The average Bonchev–Trinajstić information content (AvgIpc) is 3.12. The normalized spacial score (nSPS) is 15.3. The molecule has 0 atom stereocenters. The molecule has 0 aliphatic carbocycles. The van der Waals surface area contributed by atoms with Crippen molar-refractivity contribution in [2.75, 3.05) is 19.9 Å². The summed E-state index contributed by atoms with van der Waals surface area (Å²) in [7, 11) is 0. The Kier molecular flexibility index (Phi) is 4.69. The van der Waals surface area contributed by atoms with E-state index in [4.69, 9.17) is 15.2 Å². The number of aromatic nitrogens is 2. The van der Waals surface area contributed by atoms with Crippen LogP contribution in [0.3, 0.4) is 0 Å². The van der Waals surface area contributed by atoms with Crippen LogP contribution in [0.15, 0.2) is 47.7 Å². The monoisotopic (exact) mass is 350 g/mol. The number of nitrogens with zero attached hydrogens (tertiary/aromatic N) is 3. The standard InChI is InChI=1S/C20H22N4O2/c1-22-18-10-14(3-5-20(18)26-12-21)15-2-4-17-19(11-15)24(13-23-17)16-6-8-25-9-7-16/h2-5,10-11,13,16H,1,6-9,12,21H2. The third-order valence-electron chi connectivity index (χ3n) is 4.86. The summed E-state index contributed by atoms with van der Waals surface area (Å²) >= 11 is 0. The number of hydrogen-bond donors (Lipinski definition) is 1. The third-order valence-corrected chi connectivity index (χ3v) is 4.86. The van der Waals surface area contributed by atoms with Crippen molar-refractivity contribution in [3.63, 3.8) is 0 Å². The molecule has 1 aliphatic rings. The van der Waals surface area contributed by atoms with Gasteiger partial charge in [-0.3, -0.25) is 10.7 Å². The molecule has 0 spiro atoms. The molecular weight excluding hydrogens is 328 g/mol. The van der Waals surface area contributed by atoms with Crippen LogP contribution in [0, 0.1) is 0 Å². The van der Waals surface area contributed by atoms with Crippen molar-refractivity contribution in [2.24, 2.45) is 10.7 Å². The first kappa shape index (κ1) is 16.8. The van der Waals surface area contributed by atoms with Crippen molar-refractivity contribution in [1.82, 2.24) is 9.55 Å². The Hall–Kier alpha value is -2.70. The molecule has 1 aromatic heterocycles. The number of ether oxygens (including phenoxy) is 2. The third kappa shape index (κ3) is 3.09. The molecule has 0 unspecified atom stereocenters. The number of imidazole rings is 1. The van der Waals surface area contributed by atoms with E-state index in [1.165, 1.54) is 0 Å². The Balaban J connectivity index is 1.74. The second-order valence-corrected chi connectivity index (χ2v) is 6.35. The van der Waals surface area contributed by atoms with Gasteiger partial charge in [-0.1, -0.05) is 12.1 Å². The minimum Gasteiger partial charge on any atom is -0.476 e. The minimum absolute atomic E-state index is 0.109. The molecule has 0 radical (unpaired) electrons. The maximum Gasteiger partial charge on any atom is 0.146 e. The quantitative estimate of drug-likeness (QED) is 0.563. The molecule has 2 aromatic carbocycles. The molecule has 6 heteroatoms.